The number of carbonyl (C=O) groups is 2. The van der Waals surface area contributed by atoms with E-state index in [0.29, 0.717) is 6.42 Å². The highest BCUT2D eigenvalue weighted by Gasteiger charge is 2.17. The summed E-state index contributed by atoms with van der Waals surface area (Å²) in [7, 11) is -3.78. The van der Waals surface area contributed by atoms with Gasteiger partial charge in [-0.3, -0.25) is 4.79 Å². The number of carboxylic acids is 1. The smallest absolute Gasteiger partial charge is 0.352 e. The van der Waals surface area contributed by atoms with E-state index in [9.17, 15) is 18.0 Å². The van der Waals surface area contributed by atoms with Crippen LogP contribution in [0.2, 0.25) is 0 Å². The largest absolute Gasteiger partial charge is 0.477 e. The van der Waals surface area contributed by atoms with Crippen molar-refractivity contribution in [1.29, 1.82) is 0 Å². The lowest BCUT2D eigenvalue weighted by Crippen LogP contribution is -2.25. The first-order chi connectivity index (χ1) is 9.36. The monoisotopic (exact) mass is 304 g/mol. The van der Waals surface area contributed by atoms with Gasteiger partial charge in [0.25, 0.3) is 0 Å². The zero-order chi connectivity index (χ0) is 15.2. The molecule has 0 atom stereocenters. The zero-order valence-electron chi connectivity index (χ0n) is 10.9. The van der Waals surface area contributed by atoms with Crippen LogP contribution in [0.1, 0.15) is 30.3 Å². The van der Waals surface area contributed by atoms with Crippen molar-refractivity contribution in [3.63, 3.8) is 0 Å². The summed E-state index contributed by atoms with van der Waals surface area (Å²) in [4.78, 5) is 23.9. The van der Waals surface area contributed by atoms with E-state index in [-0.39, 0.29) is 36.1 Å². The Morgan fingerprint density at radius 2 is 2.15 bits per heavy atom. The third-order valence-electron chi connectivity index (χ3n) is 2.35. The van der Waals surface area contributed by atoms with Crippen molar-refractivity contribution in [3.8, 4) is 0 Å². The molecule has 9 heteroatoms. The number of hydrogen-bond donors (Lipinski definition) is 3. The highest BCUT2D eigenvalue weighted by atomic mass is 32.2. The van der Waals surface area contributed by atoms with E-state index < -0.39 is 16.0 Å². The first-order valence-corrected chi connectivity index (χ1v) is 7.42. The van der Waals surface area contributed by atoms with Gasteiger partial charge in [-0.1, -0.05) is 0 Å². The molecule has 20 heavy (non-hydrogen) atoms. The molecule has 8 nitrogen and oxygen atoms in total. The number of carbonyl (C=O) groups excluding carboxylic acids is 1. The summed E-state index contributed by atoms with van der Waals surface area (Å²) >= 11 is 0. The molecule has 3 N–H and O–H groups in total. The molecule has 0 aliphatic carbocycles. The third-order valence-corrected chi connectivity index (χ3v) is 3.79. The molecule has 0 bridgehead atoms. The molecule has 0 fully saturated rings. The number of hydrogen-bond acceptors (Lipinski definition) is 5. The van der Waals surface area contributed by atoms with Crippen molar-refractivity contribution >= 4 is 22.0 Å². The van der Waals surface area contributed by atoms with E-state index in [1.54, 1.807) is 6.92 Å². The molecule has 0 radical (unpaired) electrons. The van der Waals surface area contributed by atoms with Crippen LogP contribution in [0.4, 0.5) is 0 Å². The summed E-state index contributed by atoms with van der Waals surface area (Å²) in [6.07, 6.45) is 1.51. The molecular formula is C11H16N2O6S. The molecule has 0 unspecified atom stereocenters. The maximum absolute atomic E-state index is 11.8. The number of H-pyrrole nitrogens is 1. The zero-order valence-corrected chi connectivity index (χ0v) is 11.7. The predicted molar refractivity (Wildman–Crippen MR) is 68.8 cm³/mol. The van der Waals surface area contributed by atoms with Crippen molar-refractivity contribution < 1.29 is 27.9 Å². The van der Waals surface area contributed by atoms with Gasteiger partial charge in [0.2, 0.25) is 10.0 Å². The molecule has 1 aromatic rings. The van der Waals surface area contributed by atoms with E-state index in [2.05, 4.69) is 9.71 Å². The topological polar surface area (TPSA) is 126 Å². The molecule has 1 heterocycles. The summed E-state index contributed by atoms with van der Waals surface area (Å²) in [5.41, 5.74) is -0.211. The second kappa shape index (κ2) is 7.06. The molecule has 0 spiro atoms. The molecule has 1 aromatic heterocycles. The van der Waals surface area contributed by atoms with Gasteiger partial charge in [0, 0.05) is 19.2 Å². The number of aromatic amines is 1. The van der Waals surface area contributed by atoms with Crippen LogP contribution in [0.15, 0.2) is 17.2 Å². The Morgan fingerprint density at radius 1 is 1.45 bits per heavy atom. The van der Waals surface area contributed by atoms with E-state index >= 15 is 0 Å². The SMILES string of the molecule is CCOC(=O)CCCNS(=O)(=O)c1c[nH]c(C(=O)O)c1. The number of sulfonamides is 1. The molecule has 1 rings (SSSR count). The van der Waals surface area contributed by atoms with Gasteiger partial charge in [-0.2, -0.15) is 0 Å². The minimum atomic E-state index is -3.78. The quantitative estimate of drug-likeness (QED) is 0.469. The third kappa shape index (κ3) is 4.67. The number of esters is 1. The van der Waals surface area contributed by atoms with Crippen LogP contribution >= 0.6 is 0 Å². The van der Waals surface area contributed by atoms with Crippen molar-refractivity contribution in [2.45, 2.75) is 24.7 Å². The number of rotatable bonds is 8. The number of carboxylic acid groups (broad SMARTS) is 1. The van der Waals surface area contributed by atoms with Crippen molar-refractivity contribution in [2.75, 3.05) is 13.2 Å². The van der Waals surface area contributed by atoms with Crippen LogP contribution in [0, 0.1) is 0 Å². The average Bonchev–Trinajstić information content (AvgIpc) is 2.85. The maximum atomic E-state index is 11.8. The Bertz CT molecular complexity index is 577. The van der Waals surface area contributed by atoms with Gasteiger partial charge in [0.1, 0.15) is 10.6 Å². The van der Waals surface area contributed by atoms with Gasteiger partial charge >= 0.3 is 11.9 Å². The summed E-state index contributed by atoms with van der Waals surface area (Å²) in [5, 5.41) is 8.69. The average molecular weight is 304 g/mol. The molecule has 0 amide bonds. The fourth-order valence-electron chi connectivity index (χ4n) is 1.41. The molecule has 0 aliphatic rings. The predicted octanol–water partition coefficient (Wildman–Crippen LogP) is 0.335. The minimum Gasteiger partial charge on any atom is -0.477 e. The van der Waals surface area contributed by atoms with Gasteiger partial charge in [-0.05, 0) is 19.4 Å². The summed E-state index contributed by atoms with van der Waals surface area (Å²) in [6, 6.07) is 1.02. The maximum Gasteiger partial charge on any atom is 0.352 e. The Balaban J connectivity index is 2.49. The lowest BCUT2D eigenvalue weighted by Gasteiger charge is -2.04. The van der Waals surface area contributed by atoms with Crippen molar-refractivity contribution in [2.24, 2.45) is 0 Å². The Kier molecular flexibility index (Phi) is 5.71. The molecule has 112 valence electrons. The normalized spacial score (nSPS) is 11.2. The van der Waals surface area contributed by atoms with Gasteiger partial charge in [-0.25, -0.2) is 17.9 Å². The number of nitrogens with one attached hydrogen (secondary N) is 2. The van der Waals surface area contributed by atoms with Gasteiger partial charge < -0.3 is 14.8 Å². The molecule has 0 aromatic carbocycles. The van der Waals surface area contributed by atoms with Gasteiger partial charge in [0.05, 0.1) is 6.61 Å². The second-order valence-corrected chi connectivity index (χ2v) is 5.63. The summed E-state index contributed by atoms with van der Waals surface area (Å²) in [6.45, 7) is 2.03. The summed E-state index contributed by atoms with van der Waals surface area (Å²) < 4.78 is 30.6. The highest BCUT2D eigenvalue weighted by Crippen LogP contribution is 2.10. The van der Waals surface area contributed by atoms with Crippen LogP contribution in [-0.4, -0.2) is 43.6 Å². The molecule has 0 saturated heterocycles. The Labute approximate surface area is 116 Å². The fourth-order valence-corrected chi connectivity index (χ4v) is 2.48. The van der Waals surface area contributed by atoms with Crippen LogP contribution < -0.4 is 4.72 Å². The molecule has 0 aliphatic heterocycles. The summed E-state index contributed by atoms with van der Waals surface area (Å²) in [5.74, 6) is -1.63. The fraction of sp³-hybridized carbons (Fsp3) is 0.455. The van der Waals surface area contributed by atoms with Crippen LogP contribution in [0.3, 0.4) is 0 Å². The highest BCUT2D eigenvalue weighted by molar-refractivity contribution is 7.89. The lowest BCUT2D eigenvalue weighted by molar-refractivity contribution is -0.143. The Morgan fingerprint density at radius 3 is 2.70 bits per heavy atom. The first kappa shape index (κ1) is 16.2. The minimum absolute atomic E-state index is 0.0642. The van der Waals surface area contributed by atoms with Gasteiger partial charge in [0.15, 0.2) is 0 Å². The van der Waals surface area contributed by atoms with E-state index in [1.807, 2.05) is 0 Å². The lowest BCUT2D eigenvalue weighted by atomic mass is 10.3. The molecular weight excluding hydrogens is 288 g/mol. The number of aromatic nitrogens is 1. The van der Waals surface area contributed by atoms with Gasteiger partial charge in [-0.15, -0.1) is 0 Å². The standard InChI is InChI=1S/C11H16N2O6S/c1-2-19-10(14)4-3-5-13-20(17,18)8-6-9(11(15)16)12-7-8/h6-7,12-13H,2-5H2,1H3,(H,15,16). The number of aromatic carboxylic acids is 1. The van der Waals surface area contributed by atoms with Crippen LogP contribution in [0.5, 0.6) is 0 Å². The Hall–Kier alpha value is -1.87. The first-order valence-electron chi connectivity index (χ1n) is 5.94. The van der Waals surface area contributed by atoms with Crippen LogP contribution in [0.25, 0.3) is 0 Å². The van der Waals surface area contributed by atoms with E-state index in [1.165, 1.54) is 0 Å². The molecule has 0 saturated carbocycles. The van der Waals surface area contributed by atoms with Crippen molar-refractivity contribution in [1.82, 2.24) is 9.71 Å². The van der Waals surface area contributed by atoms with Crippen LogP contribution in [-0.2, 0) is 19.6 Å². The number of ether oxygens (including phenoxy) is 1. The second-order valence-electron chi connectivity index (χ2n) is 3.86. The van der Waals surface area contributed by atoms with Crippen molar-refractivity contribution in [3.05, 3.63) is 18.0 Å². The van der Waals surface area contributed by atoms with E-state index in [4.69, 9.17) is 9.84 Å². The van der Waals surface area contributed by atoms with E-state index in [0.717, 1.165) is 12.3 Å².